The summed E-state index contributed by atoms with van der Waals surface area (Å²) in [5.74, 6) is 0.204. The molecule has 0 spiro atoms. The second-order valence-corrected chi connectivity index (χ2v) is 4.95. The van der Waals surface area contributed by atoms with Gasteiger partial charge in [0.05, 0.1) is 0 Å². The van der Waals surface area contributed by atoms with Gasteiger partial charge in [-0.15, -0.1) is 0 Å². The Morgan fingerprint density at radius 3 is 2.73 bits per heavy atom. The summed E-state index contributed by atoms with van der Waals surface area (Å²) in [7, 11) is 0. The van der Waals surface area contributed by atoms with Crippen LogP contribution in [0.1, 0.15) is 11.3 Å². The number of nitrogens with one attached hydrogen (secondary N) is 1. The van der Waals surface area contributed by atoms with Gasteiger partial charge < -0.3 is 15.5 Å². The Bertz CT molecular complexity index is 874. The maximum absolute atomic E-state index is 13.5. The quantitative estimate of drug-likeness (QED) is 0.778. The van der Waals surface area contributed by atoms with Crippen LogP contribution in [-0.4, -0.2) is 4.98 Å². The Morgan fingerprint density at radius 2 is 1.95 bits per heavy atom. The van der Waals surface area contributed by atoms with Crippen molar-refractivity contribution in [2.75, 3.05) is 0 Å². The summed E-state index contributed by atoms with van der Waals surface area (Å²) in [6.45, 7) is 0.383. The van der Waals surface area contributed by atoms with Crippen LogP contribution in [0.3, 0.4) is 0 Å². The summed E-state index contributed by atoms with van der Waals surface area (Å²) in [5.41, 5.74) is 7.26. The third-order valence-corrected chi connectivity index (χ3v) is 3.43. The van der Waals surface area contributed by atoms with Gasteiger partial charge in [-0.1, -0.05) is 18.2 Å². The highest BCUT2D eigenvalue weighted by Gasteiger charge is 2.05. The first-order valence-electron chi connectivity index (χ1n) is 6.89. The first kappa shape index (κ1) is 14.3. The van der Waals surface area contributed by atoms with E-state index < -0.39 is 0 Å². The van der Waals surface area contributed by atoms with E-state index in [1.165, 1.54) is 12.1 Å². The summed E-state index contributed by atoms with van der Waals surface area (Å²) in [4.78, 5) is 15.1. The van der Waals surface area contributed by atoms with E-state index in [9.17, 15) is 9.18 Å². The molecule has 112 valence electrons. The molecule has 0 unspecified atom stereocenters. The number of fused-ring (bicyclic) bond motifs is 1. The van der Waals surface area contributed by atoms with Gasteiger partial charge in [-0.25, -0.2) is 4.39 Å². The lowest BCUT2D eigenvalue weighted by Gasteiger charge is -2.08. The molecule has 0 aliphatic rings. The molecule has 0 aliphatic heterocycles. The smallest absolute Gasteiger partial charge is 0.189 e. The van der Waals surface area contributed by atoms with E-state index in [2.05, 4.69) is 4.98 Å². The number of nitrogens with two attached hydrogens (primary N) is 1. The van der Waals surface area contributed by atoms with Crippen LogP contribution in [0.15, 0.2) is 53.3 Å². The van der Waals surface area contributed by atoms with E-state index in [1.807, 2.05) is 0 Å². The molecule has 0 atom stereocenters. The van der Waals surface area contributed by atoms with Gasteiger partial charge in [0.2, 0.25) is 0 Å². The number of pyridine rings is 1. The molecule has 1 heterocycles. The molecule has 3 rings (SSSR count). The van der Waals surface area contributed by atoms with Crippen molar-refractivity contribution < 1.29 is 9.13 Å². The van der Waals surface area contributed by atoms with Gasteiger partial charge >= 0.3 is 0 Å². The molecule has 0 aliphatic carbocycles. The lowest BCUT2D eigenvalue weighted by molar-refractivity contribution is 0.300. The molecule has 0 saturated carbocycles. The number of H-pyrrole nitrogens is 1. The first-order chi connectivity index (χ1) is 10.7. The van der Waals surface area contributed by atoms with Crippen LogP contribution in [-0.2, 0) is 13.2 Å². The van der Waals surface area contributed by atoms with Crippen molar-refractivity contribution >= 4 is 10.9 Å². The van der Waals surface area contributed by atoms with Crippen LogP contribution in [0.5, 0.6) is 5.75 Å². The fourth-order valence-corrected chi connectivity index (χ4v) is 2.26. The number of hydrogen-bond acceptors (Lipinski definition) is 3. The summed E-state index contributed by atoms with van der Waals surface area (Å²) in [6.07, 6.45) is 0. The maximum atomic E-state index is 13.5. The second kappa shape index (κ2) is 5.99. The summed E-state index contributed by atoms with van der Waals surface area (Å²) in [5, 5.41) is 0.517. The van der Waals surface area contributed by atoms with Crippen LogP contribution in [0.25, 0.3) is 10.9 Å². The molecule has 5 heteroatoms. The summed E-state index contributed by atoms with van der Waals surface area (Å²) in [6, 6.07) is 13.0. The average molecular weight is 298 g/mol. The molecule has 2 aromatic carbocycles. The van der Waals surface area contributed by atoms with Crippen molar-refractivity contribution in [2.45, 2.75) is 13.2 Å². The van der Waals surface area contributed by atoms with Gasteiger partial charge in [0.25, 0.3) is 0 Å². The van der Waals surface area contributed by atoms with Crippen molar-refractivity contribution in [1.82, 2.24) is 4.98 Å². The molecular weight excluding hydrogens is 283 g/mol. The van der Waals surface area contributed by atoms with Crippen molar-refractivity contribution in [3.8, 4) is 5.75 Å². The third kappa shape index (κ3) is 2.84. The van der Waals surface area contributed by atoms with Crippen LogP contribution >= 0.6 is 0 Å². The van der Waals surface area contributed by atoms with Crippen molar-refractivity contribution in [3.63, 3.8) is 0 Å². The lowest BCUT2D eigenvalue weighted by atomic mass is 10.2. The van der Waals surface area contributed by atoms with E-state index in [4.69, 9.17) is 10.5 Å². The molecule has 1 aromatic heterocycles. The van der Waals surface area contributed by atoms with Crippen molar-refractivity contribution in [3.05, 3.63) is 75.8 Å². The van der Waals surface area contributed by atoms with Gasteiger partial charge in [-0.3, -0.25) is 4.79 Å². The standard InChI is InChI=1S/C17H15FN2O2/c18-15-4-2-1-3-11(15)10-22-13-5-6-16-14(8-13)17(21)7-12(9-19)20-16/h1-8H,9-10,19H2,(H,20,21). The van der Waals surface area contributed by atoms with E-state index >= 15 is 0 Å². The monoisotopic (exact) mass is 298 g/mol. The SMILES string of the molecule is NCc1cc(=O)c2cc(OCc3ccccc3F)ccc2[nH]1. The minimum Gasteiger partial charge on any atom is -0.489 e. The molecule has 0 bridgehead atoms. The molecular formula is C17H15FN2O2. The molecule has 3 aromatic rings. The first-order valence-corrected chi connectivity index (χ1v) is 6.89. The maximum Gasteiger partial charge on any atom is 0.189 e. The van der Waals surface area contributed by atoms with Gasteiger partial charge in [0, 0.05) is 34.8 Å². The van der Waals surface area contributed by atoms with E-state index in [0.29, 0.717) is 27.9 Å². The van der Waals surface area contributed by atoms with Gasteiger partial charge in [0.15, 0.2) is 5.43 Å². The van der Waals surface area contributed by atoms with Gasteiger partial charge in [0.1, 0.15) is 18.2 Å². The van der Waals surface area contributed by atoms with Gasteiger partial charge in [-0.05, 0) is 24.3 Å². The van der Waals surface area contributed by atoms with E-state index in [0.717, 1.165) is 0 Å². The normalized spacial score (nSPS) is 10.8. The molecule has 3 N–H and O–H groups in total. The second-order valence-electron chi connectivity index (χ2n) is 4.95. The number of aromatic amines is 1. The Kier molecular flexibility index (Phi) is 3.89. The van der Waals surface area contributed by atoms with E-state index in [1.54, 1.807) is 36.4 Å². The largest absolute Gasteiger partial charge is 0.489 e. The molecule has 0 saturated heterocycles. The van der Waals surface area contributed by atoms with Crippen molar-refractivity contribution in [1.29, 1.82) is 0 Å². The molecule has 0 fully saturated rings. The summed E-state index contributed by atoms with van der Waals surface area (Å²) >= 11 is 0. The molecule has 0 amide bonds. The zero-order chi connectivity index (χ0) is 15.5. The average Bonchev–Trinajstić information content (AvgIpc) is 2.54. The van der Waals surface area contributed by atoms with Crippen LogP contribution in [0, 0.1) is 5.82 Å². The minimum atomic E-state index is -0.311. The number of rotatable bonds is 4. The highest BCUT2D eigenvalue weighted by molar-refractivity contribution is 5.80. The molecule has 0 radical (unpaired) electrons. The predicted octanol–water partition coefficient (Wildman–Crippen LogP) is 2.70. The Balaban J connectivity index is 1.88. The zero-order valence-corrected chi connectivity index (χ0v) is 11.8. The predicted molar refractivity (Wildman–Crippen MR) is 83.2 cm³/mol. The lowest BCUT2D eigenvalue weighted by Crippen LogP contribution is -2.08. The number of benzene rings is 2. The minimum absolute atomic E-state index is 0.108. The highest BCUT2D eigenvalue weighted by atomic mass is 19.1. The zero-order valence-electron chi connectivity index (χ0n) is 11.8. The topological polar surface area (TPSA) is 68.1 Å². The van der Waals surface area contributed by atoms with E-state index in [-0.39, 0.29) is 24.4 Å². The van der Waals surface area contributed by atoms with Crippen LogP contribution < -0.4 is 15.9 Å². The Morgan fingerprint density at radius 1 is 1.14 bits per heavy atom. The third-order valence-electron chi connectivity index (χ3n) is 3.43. The van der Waals surface area contributed by atoms with Crippen LogP contribution in [0.2, 0.25) is 0 Å². The highest BCUT2D eigenvalue weighted by Crippen LogP contribution is 2.19. The van der Waals surface area contributed by atoms with Crippen molar-refractivity contribution in [2.24, 2.45) is 5.73 Å². The summed E-state index contributed by atoms with van der Waals surface area (Å²) < 4.78 is 19.1. The number of halogens is 1. The van der Waals surface area contributed by atoms with Crippen LogP contribution in [0.4, 0.5) is 4.39 Å². The van der Waals surface area contributed by atoms with Gasteiger partial charge in [-0.2, -0.15) is 0 Å². The molecule has 22 heavy (non-hydrogen) atoms. The fourth-order valence-electron chi connectivity index (χ4n) is 2.26. The number of ether oxygens (including phenoxy) is 1. The number of aromatic nitrogens is 1. The Labute approximate surface area is 126 Å². The Hall–Kier alpha value is -2.66. The number of hydrogen-bond donors (Lipinski definition) is 2. The molecule has 4 nitrogen and oxygen atoms in total. The fraction of sp³-hybridized carbons (Fsp3) is 0.118.